The lowest BCUT2D eigenvalue weighted by atomic mass is 10.0. The Bertz CT molecular complexity index is 1150. The van der Waals surface area contributed by atoms with Crippen LogP contribution in [0.2, 0.25) is 0 Å². The van der Waals surface area contributed by atoms with Crippen LogP contribution in [0.15, 0.2) is 59.4 Å². The maximum Gasteiger partial charge on any atom is 0.270 e. The minimum Gasteiger partial charge on any atom is -0.380 e. The first-order valence-electron chi connectivity index (χ1n) is 9.73. The average Bonchev–Trinajstić information content (AvgIpc) is 2.78. The molecule has 1 aliphatic rings. The molecule has 0 spiro atoms. The number of amides is 1. The number of piperidine rings is 1. The van der Waals surface area contributed by atoms with Crippen LogP contribution >= 0.6 is 0 Å². The van der Waals surface area contributed by atoms with Gasteiger partial charge >= 0.3 is 0 Å². The molecule has 0 aliphatic carbocycles. The van der Waals surface area contributed by atoms with E-state index in [1.807, 2.05) is 59.5 Å². The van der Waals surface area contributed by atoms with Crippen molar-refractivity contribution in [3.8, 4) is 6.07 Å². The number of hydrogen-bond acceptors (Lipinski definition) is 4. The molecule has 1 fully saturated rings. The summed E-state index contributed by atoms with van der Waals surface area (Å²) in [6.45, 7) is 1.27. The van der Waals surface area contributed by atoms with E-state index >= 15 is 0 Å². The number of anilines is 1. The number of benzene rings is 2. The molecule has 0 atom stereocenters. The van der Waals surface area contributed by atoms with Gasteiger partial charge in [0.2, 0.25) is 0 Å². The van der Waals surface area contributed by atoms with Crippen molar-refractivity contribution >= 4 is 22.5 Å². The van der Waals surface area contributed by atoms with Gasteiger partial charge in [-0.2, -0.15) is 5.26 Å². The zero-order valence-electron chi connectivity index (χ0n) is 16.3. The van der Waals surface area contributed by atoms with Crippen LogP contribution in [0.25, 0.3) is 10.9 Å². The molecule has 0 radical (unpaired) electrons. The van der Waals surface area contributed by atoms with Gasteiger partial charge in [0.25, 0.3) is 11.5 Å². The van der Waals surface area contributed by atoms with Crippen LogP contribution in [0.3, 0.4) is 0 Å². The number of nitriles is 1. The molecule has 4 rings (SSSR count). The Morgan fingerprint density at radius 1 is 1.07 bits per heavy atom. The number of para-hydroxylation sites is 1. The second-order valence-corrected chi connectivity index (χ2v) is 7.32. The number of pyridine rings is 1. The van der Waals surface area contributed by atoms with Gasteiger partial charge in [-0.15, -0.1) is 0 Å². The number of hydrogen-bond donors (Lipinski definition) is 1. The Kier molecular flexibility index (Phi) is 5.05. The van der Waals surface area contributed by atoms with Crippen LogP contribution in [-0.4, -0.2) is 34.5 Å². The number of fused-ring (bicyclic) bond motifs is 1. The van der Waals surface area contributed by atoms with Gasteiger partial charge < -0.3 is 14.8 Å². The van der Waals surface area contributed by atoms with Crippen molar-refractivity contribution in [3.63, 3.8) is 0 Å². The predicted molar refractivity (Wildman–Crippen MR) is 113 cm³/mol. The topological polar surface area (TPSA) is 78.1 Å². The maximum atomic E-state index is 12.6. The second-order valence-electron chi connectivity index (χ2n) is 7.32. The van der Waals surface area contributed by atoms with E-state index in [-0.39, 0.29) is 23.1 Å². The largest absolute Gasteiger partial charge is 0.380 e. The summed E-state index contributed by atoms with van der Waals surface area (Å²) >= 11 is 0. The average molecular weight is 386 g/mol. The molecule has 2 heterocycles. The molecule has 1 N–H and O–H groups in total. The van der Waals surface area contributed by atoms with Gasteiger partial charge in [0.05, 0.1) is 11.2 Å². The summed E-state index contributed by atoms with van der Waals surface area (Å²) in [4.78, 5) is 27.1. The van der Waals surface area contributed by atoms with Crippen molar-refractivity contribution in [1.29, 1.82) is 5.26 Å². The van der Waals surface area contributed by atoms with Gasteiger partial charge in [0.1, 0.15) is 11.6 Å². The lowest BCUT2D eigenvalue weighted by Crippen LogP contribution is -2.42. The van der Waals surface area contributed by atoms with Crippen LogP contribution in [0.1, 0.15) is 28.8 Å². The molecule has 29 heavy (non-hydrogen) atoms. The molecule has 146 valence electrons. The summed E-state index contributed by atoms with van der Waals surface area (Å²) in [5.74, 6) is 0.0424. The van der Waals surface area contributed by atoms with Gasteiger partial charge in [-0.3, -0.25) is 9.59 Å². The molecule has 3 aromatic rings. The van der Waals surface area contributed by atoms with Crippen LogP contribution in [0.4, 0.5) is 5.69 Å². The molecule has 0 unspecified atom stereocenters. The lowest BCUT2D eigenvalue weighted by Gasteiger charge is -2.33. The highest BCUT2D eigenvalue weighted by Gasteiger charge is 2.25. The Hall–Kier alpha value is -3.59. The molecule has 0 saturated carbocycles. The van der Waals surface area contributed by atoms with Crippen molar-refractivity contribution in [1.82, 2.24) is 9.47 Å². The first kappa shape index (κ1) is 18.8. The third-order valence-electron chi connectivity index (χ3n) is 5.57. The van der Waals surface area contributed by atoms with Gasteiger partial charge in [-0.25, -0.2) is 0 Å². The fraction of sp³-hybridized carbons (Fsp3) is 0.261. The first-order valence-corrected chi connectivity index (χ1v) is 9.73. The number of aromatic nitrogens is 1. The van der Waals surface area contributed by atoms with Gasteiger partial charge in [0, 0.05) is 37.1 Å². The fourth-order valence-corrected chi connectivity index (χ4v) is 3.94. The maximum absolute atomic E-state index is 12.6. The number of likely N-dealkylation sites (tertiary alicyclic amines) is 1. The summed E-state index contributed by atoms with van der Waals surface area (Å²) in [6.07, 6.45) is 1.51. The number of nitrogens with one attached hydrogen (secondary N) is 1. The van der Waals surface area contributed by atoms with E-state index in [1.165, 1.54) is 4.57 Å². The van der Waals surface area contributed by atoms with Gasteiger partial charge in [-0.05, 0) is 31.0 Å². The SMILES string of the molecule is Cn1c(=O)c(C#N)c(NC2CCN(C(=O)c3ccccc3)CC2)c2ccccc21. The zero-order chi connectivity index (χ0) is 20.4. The fourth-order valence-electron chi connectivity index (χ4n) is 3.94. The minimum absolute atomic E-state index is 0.0424. The Morgan fingerprint density at radius 3 is 2.41 bits per heavy atom. The van der Waals surface area contributed by atoms with Crippen LogP contribution < -0.4 is 10.9 Å². The number of carbonyl (C=O) groups excluding carboxylic acids is 1. The number of carbonyl (C=O) groups is 1. The molecular formula is C23H22N4O2. The molecular weight excluding hydrogens is 364 g/mol. The van der Waals surface area contributed by atoms with Crippen molar-refractivity contribution in [3.05, 3.63) is 76.1 Å². The van der Waals surface area contributed by atoms with E-state index in [9.17, 15) is 14.9 Å². The van der Waals surface area contributed by atoms with Crippen LogP contribution in [0, 0.1) is 11.3 Å². The summed E-state index contributed by atoms with van der Waals surface area (Å²) in [7, 11) is 1.68. The number of nitrogens with zero attached hydrogens (tertiary/aromatic N) is 3. The Morgan fingerprint density at radius 2 is 1.72 bits per heavy atom. The van der Waals surface area contributed by atoms with Crippen LogP contribution in [-0.2, 0) is 7.05 Å². The molecule has 6 nitrogen and oxygen atoms in total. The Balaban J connectivity index is 1.55. The minimum atomic E-state index is -0.301. The van der Waals surface area contributed by atoms with Crippen molar-refractivity contribution in [2.24, 2.45) is 7.05 Å². The van der Waals surface area contributed by atoms with Gasteiger partial charge in [0.15, 0.2) is 0 Å². The summed E-state index contributed by atoms with van der Waals surface area (Å²) in [6, 6.07) is 19.0. The highest BCUT2D eigenvalue weighted by atomic mass is 16.2. The quantitative estimate of drug-likeness (QED) is 0.750. The van der Waals surface area contributed by atoms with Crippen molar-refractivity contribution < 1.29 is 4.79 Å². The third kappa shape index (κ3) is 3.47. The van der Waals surface area contributed by atoms with E-state index < -0.39 is 0 Å². The Labute approximate surface area is 169 Å². The second kappa shape index (κ2) is 7.80. The number of rotatable bonds is 3. The standard InChI is InChI=1S/C23H22N4O2/c1-26-20-10-6-5-9-18(20)21(19(15-24)23(26)29)25-17-11-13-27(14-12-17)22(28)16-7-3-2-4-8-16/h2-10,17,25H,11-14H2,1H3. The molecule has 1 amide bonds. The number of aryl methyl sites for hydroxylation is 1. The summed E-state index contributed by atoms with van der Waals surface area (Å²) in [5, 5.41) is 13.9. The third-order valence-corrected chi connectivity index (χ3v) is 5.57. The molecule has 0 bridgehead atoms. The van der Waals surface area contributed by atoms with E-state index in [0.717, 1.165) is 23.7 Å². The zero-order valence-corrected chi connectivity index (χ0v) is 16.3. The summed E-state index contributed by atoms with van der Waals surface area (Å²) < 4.78 is 1.51. The highest BCUT2D eigenvalue weighted by Crippen LogP contribution is 2.27. The predicted octanol–water partition coefficient (Wildman–Crippen LogP) is 3.13. The van der Waals surface area contributed by atoms with Crippen molar-refractivity contribution in [2.75, 3.05) is 18.4 Å². The van der Waals surface area contributed by atoms with E-state index in [4.69, 9.17) is 0 Å². The molecule has 1 aliphatic heterocycles. The smallest absolute Gasteiger partial charge is 0.270 e. The molecule has 1 saturated heterocycles. The normalized spacial score (nSPS) is 14.6. The lowest BCUT2D eigenvalue weighted by molar-refractivity contribution is 0.0718. The monoisotopic (exact) mass is 386 g/mol. The molecule has 2 aromatic carbocycles. The van der Waals surface area contributed by atoms with E-state index in [0.29, 0.717) is 24.3 Å². The van der Waals surface area contributed by atoms with Gasteiger partial charge in [-0.1, -0.05) is 36.4 Å². The summed E-state index contributed by atoms with van der Waals surface area (Å²) in [5.41, 5.74) is 1.91. The van der Waals surface area contributed by atoms with E-state index in [2.05, 4.69) is 11.4 Å². The van der Waals surface area contributed by atoms with E-state index in [1.54, 1.807) is 7.05 Å². The highest BCUT2D eigenvalue weighted by molar-refractivity contribution is 5.95. The molecule has 1 aromatic heterocycles. The first-order chi connectivity index (χ1) is 14.1. The van der Waals surface area contributed by atoms with Crippen molar-refractivity contribution in [2.45, 2.75) is 18.9 Å². The van der Waals surface area contributed by atoms with Crippen LogP contribution in [0.5, 0.6) is 0 Å². The molecule has 6 heteroatoms.